The Morgan fingerprint density at radius 2 is 1.79 bits per heavy atom. The van der Waals surface area contributed by atoms with E-state index in [1.165, 1.54) is 7.11 Å². The van der Waals surface area contributed by atoms with Crippen LogP contribution in [0.3, 0.4) is 0 Å². The summed E-state index contributed by atoms with van der Waals surface area (Å²) in [5, 5.41) is 5.09. The van der Waals surface area contributed by atoms with Crippen molar-refractivity contribution in [2.45, 2.75) is 19.4 Å². The van der Waals surface area contributed by atoms with Crippen LogP contribution >= 0.6 is 15.9 Å². The summed E-state index contributed by atoms with van der Waals surface area (Å²) in [6, 6.07) is 13.1. The summed E-state index contributed by atoms with van der Waals surface area (Å²) in [4.78, 5) is 36.3. The number of hydrogen-bond acceptors (Lipinski definition) is 5. The van der Waals surface area contributed by atoms with Crippen LogP contribution in [0.1, 0.15) is 24.9 Å². The van der Waals surface area contributed by atoms with Crippen LogP contribution in [0.2, 0.25) is 0 Å². The molecule has 0 aliphatic rings. The van der Waals surface area contributed by atoms with Crippen molar-refractivity contribution in [2.24, 2.45) is 0 Å². The number of hydrogen-bond donors (Lipinski definition) is 2. The van der Waals surface area contributed by atoms with E-state index in [1.807, 2.05) is 13.0 Å². The van der Waals surface area contributed by atoms with Crippen LogP contribution < -0.4 is 15.4 Å². The SMILES string of the molecule is CCOc1ccc(NC(=O)C(=O)N[C@H](CC(=O)OC)c2cccc(Br)c2)cc1. The minimum atomic E-state index is -0.859. The third kappa shape index (κ3) is 6.38. The molecule has 28 heavy (non-hydrogen) atoms. The molecule has 7 nitrogen and oxygen atoms in total. The molecule has 0 aromatic heterocycles. The lowest BCUT2D eigenvalue weighted by atomic mass is 10.0. The van der Waals surface area contributed by atoms with Crippen LogP contribution in [-0.4, -0.2) is 31.5 Å². The van der Waals surface area contributed by atoms with Gasteiger partial charge in [0.25, 0.3) is 0 Å². The van der Waals surface area contributed by atoms with E-state index in [-0.39, 0.29) is 6.42 Å². The molecule has 0 radical (unpaired) electrons. The summed E-state index contributed by atoms with van der Waals surface area (Å²) >= 11 is 3.35. The predicted octanol–water partition coefficient (Wildman–Crippen LogP) is 3.21. The number of nitrogens with one attached hydrogen (secondary N) is 2. The number of rotatable bonds is 7. The first kappa shape index (κ1) is 21.4. The normalized spacial score (nSPS) is 11.2. The monoisotopic (exact) mass is 448 g/mol. The fourth-order valence-electron chi connectivity index (χ4n) is 2.44. The van der Waals surface area contributed by atoms with Gasteiger partial charge >= 0.3 is 17.8 Å². The van der Waals surface area contributed by atoms with E-state index >= 15 is 0 Å². The average molecular weight is 449 g/mol. The molecule has 8 heteroatoms. The lowest BCUT2D eigenvalue weighted by Crippen LogP contribution is -2.38. The summed E-state index contributed by atoms with van der Waals surface area (Å²) in [6.07, 6.45) is -0.102. The summed E-state index contributed by atoms with van der Waals surface area (Å²) in [6.45, 7) is 2.40. The van der Waals surface area contributed by atoms with Gasteiger partial charge < -0.3 is 20.1 Å². The number of anilines is 1. The van der Waals surface area contributed by atoms with Crippen LogP contribution in [-0.2, 0) is 19.1 Å². The number of carbonyl (C=O) groups is 3. The van der Waals surface area contributed by atoms with E-state index in [1.54, 1.807) is 42.5 Å². The van der Waals surface area contributed by atoms with Gasteiger partial charge in [0.15, 0.2) is 0 Å². The van der Waals surface area contributed by atoms with Crippen LogP contribution in [0, 0.1) is 0 Å². The molecule has 0 spiro atoms. The number of carbonyl (C=O) groups excluding carboxylic acids is 3. The first-order valence-electron chi connectivity index (χ1n) is 8.60. The number of esters is 1. The Hall–Kier alpha value is -2.87. The smallest absolute Gasteiger partial charge is 0.313 e. The van der Waals surface area contributed by atoms with Crippen LogP contribution in [0.25, 0.3) is 0 Å². The van der Waals surface area contributed by atoms with E-state index in [2.05, 4.69) is 31.3 Å². The number of halogens is 1. The van der Waals surface area contributed by atoms with E-state index < -0.39 is 23.8 Å². The third-order valence-electron chi connectivity index (χ3n) is 3.78. The molecule has 0 unspecified atom stereocenters. The Morgan fingerprint density at radius 1 is 1.07 bits per heavy atom. The molecule has 2 aromatic rings. The standard InChI is InChI=1S/C20H21BrN2O5/c1-3-28-16-9-7-15(8-10-16)22-19(25)20(26)23-17(12-18(24)27-2)13-5-4-6-14(21)11-13/h4-11,17H,3,12H2,1-2H3,(H,22,25)(H,23,26)/t17-/m1/s1. The molecule has 0 fully saturated rings. The lowest BCUT2D eigenvalue weighted by molar-refractivity contribution is -0.142. The maximum atomic E-state index is 12.3. The van der Waals surface area contributed by atoms with Gasteiger partial charge in [0.2, 0.25) is 0 Å². The number of amides is 2. The van der Waals surface area contributed by atoms with E-state index in [4.69, 9.17) is 4.74 Å². The first-order valence-corrected chi connectivity index (χ1v) is 9.39. The zero-order valence-electron chi connectivity index (χ0n) is 15.5. The van der Waals surface area contributed by atoms with Gasteiger partial charge in [-0.15, -0.1) is 0 Å². The largest absolute Gasteiger partial charge is 0.494 e. The second kappa shape index (κ2) is 10.5. The Bertz CT molecular complexity index is 839. The number of ether oxygens (including phenoxy) is 2. The summed E-state index contributed by atoms with van der Waals surface area (Å²) < 4.78 is 10.8. The molecule has 2 amide bonds. The molecule has 0 aliphatic carbocycles. The van der Waals surface area contributed by atoms with Crippen LogP contribution in [0.5, 0.6) is 5.75 Å². The minimum Gasteiger partial charge on any atom is -0.494 e. The fourth-order valence-corrected chi connectivity index (χ4v) is 2.86. The molecular weight excluding hydrogens is 428 g/mol. The van der Waals surface area contributed by atoms with Crippen molar-refractivity contribution in [3.05, 3.63) is 58.6 Å². The topological polar surface area (TPSA) is 93.7 Å². The van der Waals surface area contributed by atoms with Crippen molar-refractivity contribution in [1.29, 1.82) is 0 Å². The fraction of sp³-hybridized carbons (Fsp3) is 0.250. The van der Waals surface area contributed by atoms with E-state index in [0.29, 0.717) is 23.6 Å². The van der Waals surface area contributed by atoms with Gasteiger partial charge in [0.05, 0.1) is 26.2 Å². The Balaban J connectivity index is 2.06. The number of methoxy groups -OCH3 is 1. The van der Waals surface area contributed by atoms with E-state index in [9.17, 15) is 14.4 Å². The molecule has 1 atom stereocenters. The van der Waals surface area contributed by atoms with Crippen molar-refractivity contribution >= 4 is 39.4 Å². The molecule has 0 heterocycles. The highest BCUT2D eigenvalue weighted by Crippen LogP contribution is 2.21. The maximum absolute atomic E-state index is 12.3. The lowest BCUT2D eigenvalue weighted by Gasteiger charge is -2.18. The highest BCUT2D eigenvalue weighted by atomic mass is 79.9. The van der Waals surface area contributed by atoms with Crippen molar-refractivity contribution in [3.63, 3.8) is 0 Å². The van der Waals surface area contributed by atoms with Gasteiger partial charge in [-0.1, -0.05) is 28.1 Å². The summed E-state index contributed by atoms with van der Waals surface area (Å²) in [7, 11) is 1.26. The van der Waals surface area contributed by atoms with Gasteiger partial charge in [-0.25, -0.2) is 0 Å². The molecule has 2 N–H and O–H groups in total. The summed E-state index contributed by atoms with van der Waals surface area (Å²) in [5.74, 6) is -1.54. The minimum absolute atomic E-state index is 0.102. The highest BCUT2D eigenvalue weighted by molar-refractivity contribution is 9.10. The molecule has 0 bridgehead atoms. The van der Waals surface area contributed by atoms with Gasteiger partial charge in [0.1, 0.15) is 5.75 Å². The Labute approximate surface area is 171 Å². The van der Waals surface area contributed by atoms with E-state index in [0.717, 1.165) is 4.47 Å². The molecule has 0 saturated heterocycles. The molecule has 2 rings (SSSR count). The first-order chi connectivity index (χ1) is 13.4. The second-order valence-electron chi connectivity index (χ2n) is 5.77. The molecular formula is C20H21BrN2O5. The zero-order chi connectivity index (χ0) is 20.5. The maximum Gasteiger partial charge on any atom is 0.313 e. The molecule has 0 saturated carbocycles. The third-order valence-corrected chi connectivity index (χ3v) is 4.28. The van der Waals surface area contributed by atoms with Crippen molar-refractivity contribution in [3.8, 4) is 5.75 Å². The molecule has 2 aromatic carbocycles. The quantitative estimate of drug-likeness (QED) is 0.500. The van der Waals surface area contributed by atoms with Crippen molar-refractivity contribution < 1.29 is 23.9 Å². The van der Waals surface area contributed by atoms with Gasteiger partial charge in [-0.3, -0.25) is 14.4 Å². The highest BCUT2D eigenvalue weighted by Gasteiger charge is 2.23. The van der Waals surface area contributed by atoms with Gasteiger partial charge in [0, 0.05) is 10.2 Å². The van der Waals surface area contributed by atoms with Gasteiger partial charge in [-0.05, 0) is 48.9 Å². The zero-order valence-corrected chi connectivity index (χ0v) is 17.1. The summed E-state index contributed by atoms with van der Waals surface area (Å²) in [5.41, 5.74) is 1.12. The average Bonchev–Trinajstić information content (AvgIpc) is 2.69. The molecule has 148 valence electrons. The number of benzene rings is 2. The van der Waals surface area contributed by atoms with Crippen LogP contribution in [0.15, 0.2) is 53.0 Å². The van der Waals surface area contributed by atoms with Gasteiger partial charge in [-0.2, -0.15) is 0 Å². The van der Waals surface area contributed by atoms with Crippen molar-refractivity contribution in [2.75, 3.05) is 19.0 Å². The second-order valence-corrected chi connectivity index (χ2v) is 6.69. The predicted molar refractivity (Wildman–Crippen MR) is 108 cm³/mol. The molecule has 0 aliphatic heterocycles. The van der Waals surface area contributed by atoms with Crippen LogP contribution in [0.4, 0.5) is 5.69 Å². The Kier molecular flexibility index (Phi) is 8.01. The van der Waals surface area contributed by atoms with Crippen molar-refractivity contribution in [1.82, 2.24) is 5.32 Å². The Morgan fingerprint density at radius 3 is 2.39 bits per heavy atom.